The first kappa shape index (κ1) is 16.2. The van der Waals surface area contributed by atoms with E-state index in [9.17, 15) is 9.90 Å². The highest BCUT2D eigenvalue weighted by molar-refractivity contribution is 7.08. The summed E-state index contributed by atoms with van der Waals surface area (Å²) < 4.78 is 5.19. The molecular weight excluding hydrogens is 312 g/mol. The van der Waals surface area contributed by atoms with Crippen molar-refractivity contribution in [3.63, 3.8) is 0 Å². The number of nitrogens with zero attached hydrogens (tertiary/aromatic N) is 2. The van der Waals surface area contributed by atoms with Gasteiger partial charge in [-0.25, -0.2) is 0 Å². The molecule has 23 heavy (non-hydrogen) atoms. The van der Waals surface area contributed by atoms with E-state index in [1.165, 1.54) is 5.56 Å². The molecule has 0 aliphatic carbocycles. The van der Waals surface area contributed by atoms with Gasteiger partial charge in [-0.2, -0.15) is 11.3 Å². The first-order chi connectivity index (χ1) is 11.0. The molecule has 1 aliphatic rings. The van der Waals surface area contributed by atoms with Gasteiger partial charge in [-0.1, -0.05) is 5.16 Å². The zero-order valence-electron chi connectivity index (χ0n) is 13.7. The van der Waals surface area contributed by atoms with Gasteiger partial charge in [-0.15, -0.1) is 0 Å². The first-order valence-electron chi connectivity index (χ1n) is 7.87. The predicted octanol–water partition coefficient (Wildman–Crippen LogP) is 2.69. The average Bonchev–Trinajstić information content (AvgIpc) is 3.25. The Balaban J connectivity index is 1.78. The van der Waals surface area contributed by atoms with Crippen molar-refractivity contribution in [1.82, 2.24) is 10.1 Å². The lowest BCUT2D eigenvalue weighted by Crippen LogP contribution is -2.33. The van der Waals surface area contributed by atoms with Crippen LogP contribution in [0.3, 0.4) is 0 Å². The number of thiophene rings is 1. The van der Waals surface area contributed by atoms with Crippen LogP contribution in [-0.2, 0) is 4.79 Å². The summed E-state index contributed by atoms with van der Waals surface area (Å²) in [5.41, 5.74) is 2.87. The maximum absolute atomic E-state index is 12.9. The van der Waals surface area contributed by atoms with Gasteiger partial charge in [0.05, 0.1) is 11.6 Å². The monoisotopic (exact) mass is 334 g/mol. The summed E-state index contributed by atoms with van der Waals surface area (Å²) in [5, 5.41) is 17.8. The standard InChI is InChI=1S/C17H22N2O3S/c1-10(16-11(2)18-22-12(16)3)17(21)19-6-14(8-20)15(7-19)13-4-5-23-9-13/h4-5,9-10,14-15,20H,6-8H2,1-3H3/t10-,14-,15-/m0/s1. The van der Waals surface area contributed by atoms with E-state index in [-0.39, 0.29) is 30.3 Å². The maximum Gasteiger partial charge on any atom is 0.230 e. The summed E-state index contributed by atoms with van der Waals surface area (Å²) in [7, 11) is 0. The van der Waals surface area contributed by atoms with Crippen LogP contribution in [0.2, 0.25) is 0 Å². The molecule has 2 aromatic rings. The number of carbonyl (C=O) groups is 1. The molecule has 3 atom stereocenters. The van der Waals surface area contributed by atoms with Gasteiger partial charge in [0.1, 0.15) is 5.76 Å². The zero-order chi connectivity index (χ0) is 16.6. The maximum atomic E-state index is 12.9. The Morgan fingerprint density at radius 1 is 1.52 bits per heavy atom. The number of aromatic nitrogens is 1. The minimum absolute atomic E-state index is 0.0792. The van der Waals surface area contributed by atoms with Gasteiger partial charge in [0, 0.05) is 37.1 Å². The second kappa shape index (κ2) is 6.45. The molecule has 6 heteroatoms. The van der Waals surface area contributed by atoms with Crippen LogP contribution in [0.4, 0.5) is 0 Å². The van der Waals surface area contributed by atoms with Crippen molar-refractivity contribution in [2.45, 2.75) is 32.6 Å². The number of carbonyl (C=O) groups excluding carboxylic acids is 1. The molecule has 0 spiro atoms. The Hall–Kier alpha value is -1.66. The van der Waals surface area contributed by atoms with Gasteiger partial charge >= 0.3 is 0 Å². The summed E-state index contributed by atoms with van der Waals surface area (Å²) >= 11 is 1.65. The average molecular weight is 334 g/mol. The molecule has 1 aliphatic heterocycles. The van der Waals surface area contributed by atoms with Crippen molar-refractivity contribution in [2.24, 2.45) is 5.92 Å². The number of aryl methyl sites for hydroxylation is 2. The van der Waals surface area contributed by atoms with Gasteiger partial charge < -0.3 is 14.5 Å². The molecule has 0 aromatic carbocycles. The van der Waals surface area contributed by atoms with Crippen LogP contribution in [0.25, 0.3) is 0 Å². The van der Waals surface area contributed by atoms with E-state index in [1.54, 1.807) is 11.3 Å². The van der Waals surface area contributed by atoms with E-state index in [0.29, 0.717) is 18.8 Å². The summed E-state index contributed by atoms with van der Waals surface area (Å²) in [6, 6.07) is 2.09. The fourth-order valence-electron chi connectivity index (χ4n) is 3.61. The largest absolute Gasteiger partial charge is 0.396 e. The predicted molar refractivity (Wildman–Crippen MR) is 88.6 cm³/mol. The van der Waals surface area contributed by atoms with Gasteiger partial charge in [0.25, 0.3) is 0 Å². The third-order valence-electron chi connectivity index (χ3n) is 4.85. The zero-order valence-corrected chi connectivity index (χ0v) is 14.5. The minimum Gasteiger partial charge on any atom is -0.396 e. The van der Waals surface area contributed by atoms with E-state index in [0.717, 1.165) is 11.3 Å². The van der Waals surface area contributed by atoms with E-state index in [1.807, 2.05) is 31.1 Å². The third kappa shape index (κ3) is 2.93. The lowest BCUT2D eigenvalue weighted by molar-refractivity contribution is -0.131. The van der Waals surface area contributed by atoms with Gasteiger partial charge in [-0.3, -0.25) is 4.79 Å². The van der Waals surface area contributed by atoms with Gasteiger partial charge in [-0.05, 0) is 43.2 Å². The first-order valence-corrected chi connectivity index (χ1v) is 8.81. The van der Waals surface area contributed by atoms with Crippen LogP contribution in [0.1, 0.15) is 41.3 Å². The summed E-state index contributed by atoms with van der Waals surface area (Å²) in [4.78, 5) is 14.8. The highest BCUT2D eigenvalue weighted by atomic mass is 32.1. The van der Waals surface area contributed by atoms with E-state index < -0.39 is 0 Å². The Morgan fingerprint density at radius 3 is 2.87 bits per heavy atom. The normalized spacial score (nSPS) is 22.5. The molecule has 0 unspecified atom stereocenters. The summed E-state index contributed by atoms with van der Waals surface area (Å²) in [6.45, 7) is 6.97. The highest BCUT2D eigenvalue weighted by Crippen LogP contribution is 2.35. The minimum atomic E-state index is -0.276. The van der Waals surface area contributed by atoms with E-state index >= 15 is 0 Å². The molecular formula is C17H22N2O3S. The Morgan fingerprint density at radius 2 is 2.30 bits per heavy atom. The second-order valence-corrected chi connectivity index (χ2v) is 7.09. The van der Waals surface area contributed by atoms with Gasteiger partial charge in [0.15, 0.2) is 0 Å². The van der Waals surface area contributed by atoms with E-state index in [2.05, 4.69) is 16.6 Å². The Kier molecular flexibility index (Phi) is 4.55. The van der Waals surface area contributed by atoms with Crippen molar-refractivity contribution in [3.05, 3.63) is 39.4 Å². The van der Waals surface area contributed by atoms with Crippen LogP contribution in [0.5, 0.6) is 0 Å². The van der Waals surface area contributed by atoms with Crippen LogP contribution in [0, 0.1) is 19.8 Å². The van der Waals surface area contributed by atoms with Crippen molar-refractivity contribution >= 4 is 17.2 Å². The molecule has 1 N–H and O–H groups in total. The molecule has 124 valence electrons. The van der Waals surface area contributed by atoms with Crippen molar-refractivity contribution < 1.29 is 14.4 Å². The molecule has 3 heterocycles. The molecule has 1 saturated heterocycles. The number of aliphatic hydroxyl groups excluding tert-OH is 1. The summed E-state index contributed by atoms with van der Waals surface area (Å²) in [5.74, 6) is 0.825. The molecule has 0 saturated carbocycles. The smallest absolute Gasteiger partial charge is 0.230 e. The fraction of sp³-hybridized carbons (Fsp3) is 0.529. The third-order valence-corrected chi connectivity index (χ3v) is 5.55. The number of likely N-dealkylation sites (tertiary alicyclic amines) is 1. The number of rotatable bonds is 4. The van der Waals surface area contributed by atoms with Crippen molar-refractivity contribution in [1.29, 1.82) is 0 Å². The van der Waals surface area contributed by atoms with E-state index in [4.69, 9.17) is 4.52 Å². The molecule has 0 radical (unpaired) electrons. The molecule has 0 bridgehead atoms. The van der Waals surface area contributed by atoms with Crippen LogP contribution in [0.15, 0.2) is 21.3 Å². The quantitative estimate of drug-likeness (QED) is 0.933. The second-order valence-electron chi connectivity index (χ2n) is 6.31. The topological polar surface area (TPSA) is 66.6 Å². The molecule has 1 amide bonds. The SMILES string of the molecule is Cc1noc(C)c1[C@H](C)C(=O)N1C[C@@H](CO)[C@H](c2ccsc2)C1. The van der Waals surface area contributed by atoms with Crippen molar-refractivity contribution in [2.75, 3.05) is 19.7 Å². The molecule has 3 rings (SSSR count). The van der Waals surface area contributed by atoms with Crippen LogP contribution in [-0.4, -0.2) is 40.8 Å². The highest BCUT2D eigenvalue weighted by Gasteiger charge is 2.38. The van der Waals surface area contributed by atoms with Gasteiger partial charge in [0.2, 0.25) is 5.91 Å². The number of hydrogen-bond donors (Lipinski definition) is 1. The molecule has 2 aromatic heterocycles. The lowest BCUT2D eigenvalue weighted by Gasteiger charge is -2.21. The van der Waals surface area contributed by atoms with Crippen LogP contribution < -0.4 is 0 Å². The Bertz CT molecular complexity index is 661. The lowest BCUT2D eigenvalue weighted by atomic mass is 9.91. The Labute approximate surface area is 139 Å². The fourth-order valence-corrected chi connectivity index (χ4v) is 4.33. The number of aliphatic hydroxyl groups is 1. The number of amides is 1. The number of hydrogen-bond acceptors (Lipinski definition) is 5. The van der Waals surface area contributed by atoms with Crippen molar-refractivity contribution in [3.8, 4) is 0 Å². The molecule has 5 nitrogen and oxygen atoms in total. The summed E-state index contributed by atoms with van der Waals surface area (Å²) in [6.07, 6.45) is 0. The molecule has 1 fully saturated rings. The van der Waals surface area contributed by atoms with Crippen LogP contribution >= 0.6 is 11.3 Å².